The molecule has 0 saturated carbocycles. The summed E-state index contributed by atoms with van der Waals surface area (Å²) in [4.78, 5) is 24.6. The van der Waals surface area contributed by atoms with Gasteiger partial charge in [-0.05, 0) is 43.7 Å². The summed E-state index contributed by atoms with van der Waals surface area (Å²) in [5.41, 5.74) is 3.37. The van der Waals surface area contributed by atoms with E-state index in [4.69, 9.17) is 0 Å². The van der Waals surface area contributed by atoms with E-state index in [1.165, 1.54) is 4.31 Å². The lowest BCUT2D eigenvalue weighted by Gasteiger charge is -2.24. The van der Waals surface area contributed by atoms with Gasteiger partial charge in [0.05, 0.1) is 17.1 Å². The molecule has 3 rings (SSSR count). The largest absolute Gasteiger partial charge is 0.350 e. The Labute approximate surface area is 200 Å². The lowest BCUT2D eigenvalue weighted by Crippen LogP contribution is -2.39. The predicted molar refractivity (Wildman–Crippen MR) is 133 cm³/mol. The number of carbonyl (C=O) groups excluding carboxylic acids is 2. The van der Waals surface area contributed by atoms with Crippen LogP contribution in [0.5, 0.6) is 0 Å². The van der Waals surface area contributed by atoms with Crippen molar-refractivity contribution in [2.45, 2.75) is 31.7 Å². The maximum atomic E-state index is 13.4. The lowest BCUT2D eigenvalue weighted by molar-refractivity contribution is -0.126. The van der Waals surface area contributed by atoms with E-state index < -0.39 is 15.9 Å². The smallest absolute Gasteiger partial charge is 0.264 e. The topological polar surface area (TPSA) is 95.6 Å². The Morgan fingerprint density at radius 2 is 1.35 bits per heavy atom. The highest BCUT2D eigenvalue weighted by Gasteiger charge is 2.25. The second-order valence-corrected chi connectivity index (χ2v) is 9.88. The van der Waals surface area contributed by atoms with E-state index in [2.05, 4.69) is 10.6 Å². The number of anilines is 1. The fourth-order valence-corrected chi connectivity index (χ4v) is 4.73. The van der Waals surface area contributed by atoms with Crippen molar-refractivity contribution in [1.82, 2.24) is 10.6 Å². The number of amides is 2. The molecule has 0 atom stereocenters. The van der Waals surface area contributed by atoms with Crippen LogP contribution in [0.4, 0.5) is 5.69 Å². The molecule has 3 aromatic carbocycles. The van der Waals surface area contributed by atoms with E-state index in [1.54, 1.807) is 36.4 Å². The Kier molecular flexibility index (Phi) is 8.43. The van der Waals surface area contributed by atoms with Gasteiger partial charge in [0.15, 0.2) is 0 Å². The van der Waals surface area contributed by atoms with Gasteiger partial charge in [-0.15, -0.1) is 0 Å². The van der Waals surface area contributed by atoms with Crippen LogP contribution in [0.15, 0.2) is 83.8 Å². The molecule has 0 fully saturated rings. The summed E-state index contributed by atoms with van der Waals surface area (Å²) in [6.45, 7) is 3.93. The van der Waals surface area contributed by atoms with E-state index >= 15 is 0 Å². The summed E-state index contributed by atoms with van der Waals surface area (Å²) in [6.07, 6.45) is -0.0923. The van der Waals surface area contributed by atoms with Gasteiger partial charge in [0.25, 0.3) is 10.0 Å². The van der Waals surface area contributed by atoms with E-state index in [0.717, 1.165) is 16.7 Å². The Hall–Kier alpha value is -3.65. The maximum absolute atomic E-state index is 13.4. The summed E-state index contributed by atoms with van der Waals surface area (Å²) in [5, 5.41) is 5.30. The number of aryl methyl sites for hydroxylation is 2. The van der Waals surface area contributed by atoms with Crippen LogP contribution >= 0.6 is 0 Å². The van der Waals surface area contributed by atoms with Gasteiger partial charge in [-0.1, -0.05) is 65.7 Å². The highest BCUT2D eigenvalue weighted by molar-refractivity contribution is 7.92. The number of hydrogen-bond acceptors (Lipinski definition) is 4. The van der Waals surface area contributed by atoms with Crippen molar-refractivity contribution in [3.8, 4) is 0 Å². The number of hydrogen-bond donors (Lipinski definition) is 2. The molecule has 34 heavy (non-hydrogen) atoms. The van der Waals surface area contributed by atoms with Gasteiger partial charge in [0.1, 0.15) is 0 Å². The zero-order chi connectivity index (χ0) is 24.6. The van der Waals surface area contributed by atoms with Crippen LogP contribution in [0.25, 0.3) is 0 Å². The van der Waals surface area contributed by atoms with Crippen molar-refractivity contribution in [2.75, 3.05) is 17.4 Å². The standard InChI is InChI=1S/C26H29N3O4S/c1-20-8-12-23(13-9-20)29(34(32,33)24-14-10-21(2)11-15-24)17-16-25(30)28-19-26(31)27-18-22-6-4-3-5-7-22/h3-15H,16-19H2,1-2H3,(H,27,31)(H,28,30). The molecule has 3 aromatic rings. The minimum atomic E-state index is -3.88. The van der Waals surface area contributed by atoms with Crippen LogP contribution in [0.1, 0.15) is 23.1 Å². The maximum Gasteiger partial charge on any atom is 0.264 e. The van der Waals surface area contributed by atoms with Gasteiger partial charge in [0.2, 0.25) is 11.8 Å². The van der Waals surface area contributed by atoms with Crippen molar-refractivity contribution >= 4 is 27.5 Å². The predicted octanol–water partition coefficient (Wildman–Crippen LogP) is 3.32. The molecule has 0 radical (unpaired) electrons. The molecule has 0 aliphatic rings. The van der Waals surface area contributed by atoms with E-state index in [-0.39, 0.29) is 30.3 Å². The third kappa shape index (κ3) is 6.92. The Morgan fingerprint density at radius 1 is 0.765 bits per heavy atom. The molecule has 0 unspecified atom stereocenters. The molecular weight excluding hydrogens is 450 g/mol. The molecule has 178 valence electrons. The monoisotopic (exact) mass is 479 g/mol. The van der Waals surface area contributed by atoms with Gasteiger partial charge in [-0.2, -0.15) is 0 Å². The molecule has 0 aliphatic carbocycles. The van der Waals surface area contributed by atoms with Crippen LogP contribution in [0.2, 0.25) is 0 Å². The van der Waals surface area contributed by atoms with E-state index in [1.807, 2.05) is 56.3 Å². The quantitative estimate of drug-likeness (QED) is 0.466. The molecule has 0 heterocycles. The highest BCUT2D eigenvalue weighted by Crippen LogP contribution is 2.24. The summed E-state index contributed by atoms with van der Waals surface area (Å²) in [7, 11) is -3.88. The van der Waals surface area contributed by atoms with Crippen LogP contribution in [0.3, 0.4) is 0 Å². The van der Waals surface area contributed by atoms with E-state index in [9.17, 15) is 18.0 Å². The zero-order valence-corrected chi connectivity index (χ0v) is 20.1. The Morgan fingerprint density at radius 3 is 1.97 bits per heavy atom. The highest BCUT2D eigenvalue weighted by atomic mass is 32.2. The third-order valence-corrected chi connectivity index (χ3v) is 7.09. The molecule has 2 amide bonds. The fraction of sp³-hybridized carbons (Fsp3) is 0.231. The van der Waals surface area contributed by atoms with E-state index in [0.29, 0.717) is 12.2 Å². The third-order valence-electron chi connectivity index (χ3n) is 5.25. The number of nitrogens with one attached hydrogen (secondary N) is 2. The first kappa shape index (κ1) is 25.0. The van der Waals surface area contributed by atoms with Gasteiger partial charge in [0, 0.05) is 19.5 Å². The fourth-order valence-electron chi connectivity index (χ4n) is 3.27. The number of nitrogens with zero attached hydrogens (tertiary/aromatic N) is 1. The zero-order valence-electron chi connectivity index (χ0n) is 19.3. The number of sulfonamides is 1. The SMILES string of the molecule is Cc1ccc(N(CCC(=O)NCC(=O)NCc2ccccc2)S(=O)(=O)c2ccc(C)cc2)cc1. The van der Waals surface area contributed by atoms with Crippen molar-refractivity contribution in [3.63, 3.8) is 0 Å². The van der Waals surface area contributed by atoms with Crippen LogP contribution < -0.4 is 14.9 Å². The summed E-state index contributed by atoms with van der Waals surface area (Å²) in [6, 6.07) is 23.1. The van der Waals surface area contributed by atoms with Gasteiger partial charge >= 0.3 is 0 Å². The van der Waals surface area contributed by atoms with Gasteiger partial charge in [-0.25, -0.2) is 8.42 Å². The molecule has 7 nitrogen and oxygen atoms in total. The van der Waals surface area contributed by atoms with Gasteiger partial charge in [-0.3, -0.25) is 13.9 Å². The van der Waals surface area contributed by atoms with Crippen LogP contribution in [0, 0.1) is 13.8 Å². The number of carbonyl (C=O) groups is 2. The molecule has 0 saturated heterocycles. The minimum Gasteiger partial charge on any atom is -0.350 e. The minimum absolute atomic E-state index is 0.0588. The van der Waals surface area contributed by atoms with Crippen molar-refractivity contribution in [3.05, 3.63) is 95.6 Å². The average Bonchev–Trinajstić information content (AvgIpc) is 2.83. The second kappa shape index (κ2) is 11.5. The Balaban J connectivity index is 1.62. The van der Waals surface area contributed by atoms with Crippen molar-refractivity contribution in [2.24, 2.45) is 0 Å². The lowest BCUT2D eigenvalue weighted by atomic mass is 10.2. The molecule has 8 heteroatoms. The second-order valence-electron chi connectivity index (χ2n) is 8.01. The number of rotatable bonds is 10. The molecule has 0 bridgehead atoms. The molecule has 0 aliphatic heterocycles. The van der Waals surface area contributed by atoms with Crippen molar-refractivity contribution in [1.29, 1.82) is 0 Å². The summed E-state index contributed by atoms with van der Waals surface area (Å²) < 4.78 is 27.9. The molecule has 0 aromatic heterocycles. The molecule has 0 spiro atoms. The molecule has 2 N–H and O–H groups in total. The van der Waals surface area contributed by atoms with Gasteiger partial charge < -0.3 is 10.6 Å². The van der Waals surface area contributed by atoms with Crippen LogP contribution in [-0.4, -0.2) is 33.3 Å². The first-order valence-electron chi connectivity index (χ1n) is 11.0. The first-order chi connectivity index (χ1) is 16.3. The number of benzene rings is 3. The Bertz CT molecular complexity index is 1210. The summed E-state index contributed by atoms with van der Waals surface area (Å²) >= 11 is 0. The van der Waals surface area contributed by atoms with Crippen LogP contribution in [-0.2, 0) is 26.2 Å². The van der Waals surface area contributed by atoms with Crippen molar-refractivity contribution < 1.29 is 18.0 Å². The average molecular weight is 480 g/mol. The first-order valence-corrected chi connectivity index (χ1v) is 12.4. The summed E-state index contributed by atoms with van der Waals surface area (Å²) in [5.74, 6) is -0.731. The normalized spacial score (nSPS) is 11.0. The molecular formula is C26H29N3O4S.